The summed E-state index contributed by atoms with van der Waals surface area (Å²) in [6.45, 7) is 4.40. The van der Waals surface area contributed by atoms with E-state index >= 15 is 0 Å². The minimum atomic E-state index is -3.82. The van der Waals surface area contributed by atoms with Crippen LogP contribution in [0.2, 0.25) is 0 Å². The molecule has 1 aromatic heterocycles. The SMILES string of the molecule is CN(C)c1cccc2c(S(=O)(=O)Nc3ccc(C4Cc5cnc(NCCCN6CCCC6)nc5-c5ccccc54)cc3)cccc12. The molecule has 0 bridgehead atoms. The van der Waals surface area contributed by atoms with Gasteiger partial charge in [0.05, 0.1) is 10.6 Å². The highest BCUT2D eigenvalue weighted by Crippen LogP contribution is 2.42. The lowest BCUT2D eigenvalue weighted by Crippen LogP contribution is -2.22. The Hall–Kier alpha value is -4.47. The largest absolute Gasteiger partial charge is 0.377 e. The van der Waals surface area contributed by atoms with Crippen LogP contribution in [-0.4, -0.2) is 63.6 Å². The van der Waals surface area contributed by atoms with Gasteiger partial charge in [-0.1, -0.05) is 60.7 Å². The van der Waals surface area contributed by atoms with Crippen LogP contribution in [-0.2, 0) is 16.4 Å². The normalized spacial score (nSPS) is 16.2. The molecule has 0 radical (unpaired) electrons. The number of nitrogens with one attached hydrogen (secondary N) is 2. The molecule has 1 saturated heterocycles. The van der Waals surface area contributed by atoms with E-state index in [1.54, 1.807) is 12.1 Å². The van der Waals surface area contributed by atoms with Crippen LogP contribution in [0.25, 0.3) is 22.0 Å². The van der Waals surface area contributed by atoms with Crippen molar-refractivity contribution in [2.75, 3.05) is 55.2 Å². The van der Waals surface area contributed by atoms with E-state index in [1.165, 1.54) is 31.5 Å². The molecule has 7 rings (SSSR count). The number of benzene rings is 4. The number of sulfonamides is 1. The van der Waals surface area contributed by atoms with Crippen LogP contribution in [0.15, 0.2) is 96.0 Å². The van der Waals surface area contributed by atoms with Crippen molar-refractivity contribution < 1.29 is 8.42 Å². The van der Waals surface area contributed by atoms with Crippen molar-refractivity contribution in [3.63, 3.8) is 0 Å². The van der Waals surface area contributed by atoms with Crippen LogP contribution in [0, 0.1) is 0 Å². The molecule has 46 heavy (non-hydrogen) atoms. The molecule has 0 spiro atoms. The Morgan fingerprint density at radius 1 is 0.891 bits per heavy atom. The van der Waals surface area contributed by atoms with Gasteiger partial charge in [-0.15, -0.1) is 0 Å². The van der Waals surface area contributed by atoms with Crippen molar-refractivity contribution in [3.8, 4) is 11.3 Å². The molecule has 1 fully saturated rings. The highest BCUT2D eigenvalue weighted by atomic mass is 32.2. The van der Waals surface area contributed by atoms with E-state index in [4.69, 9.17) is 4.98 Å². The zero-order valence-electron chi connectivity index (χ0n) is 26.4. The van der Waals surface area contributed by atoms with Crippen molar-refractivity contribution in [1.29, 1.82) is 0 Å². The molecule has 2 aliphatic rings. The van der Waals surface area contributed by atoms with Gasteiger partial charge >= 0.3 is 0 Å². The van der Waals surface area contributed by atoms with E-state index in [0.717, 1.165) is 59.4 Å². The summed E-state index contributed by atoms with van der Waals surface area (Å²) < 4.78 is 30.0. The summed E-state index contributed by atoms with van der Waals surface area (Å²) in [4.78, 5) is 14.4. The average Bonchev–Trinajstić information content (AvgIpc) is 3.60. The first-order valence-corrected chi connectivity index (χ1v) is 17.6. The number of aromatic nitrogens is 2. The maximum Gasteiger partial charge on any atom is 0.262 e. The zero-order chi connectivity index (χ0) is 31.7. The van der Waals surface area contributed by atoms with Gasteiger partial charge in [-0.05, 0) is 86.3 Å². The minimum absolute atomic E-state index is 0.111. The lowest BCUT2D eigenvalue weighted by molar-refractivity contribution is 0.337. The van der Waals surface area contributed by atoms with E-state index in [2.05, 4.69) is 44.2 Å². The molecule has 236 valence electrons. The van der Waals surface area contributed by atoms with Gasteiger partial charge in [0, 0.05) is 60.5 Å². The van der Waals surface area contributed by atoms with E-state index < -0.39 is 10.0 Å². The number of hydrogen-bond acceptors (Lipinski definition) is 7. The van der Waals surface area contributed by atoms with Crippen LogP contribution in [0.1, 0.15) is 41.9 Å². The van der Waals surface area contributed by atoms with Crippen LogP contribution in [0.3, 0.4) is 0 Å². The van der Waals surface area contributed by atoms with Crippen LogP contribution in [0.5, 0.6) is 0 Å². The summed E-state index contributed by atoms with van der Waals surface area (Å²) in [6, 6.07) is 27.4. The molecule has 1 aliphatic carbocycles. The van der Waals surface area contributed by atoms with Gasteiger partial charge in [-0.3, -0.25) is 4.72 Å². The predicted molar refractivity (Wildman–Crippen MR) is 187 cm³/mol. The van der Waals surface area contributed by atoms with Gasteiger partial charge in [0.25, 0.3) is 10.0 Å². The fourth-order valence-corrected chi connectivity index (χ4v) is 8.19. The topological polar surface area (TPSA) is 90.5 Å². The second-order valence-corrected chi connectivity index (χ2v) is 14.1. The van der Waals surface area contributed by atoms with Crippen molar-refractivity contribution >= 4 is 38.1 Å². The van der Waals surface area contributed by atoms with Gasteiger partial charge < -0.3 is 15.1 Å². The Morgan fingerprint density at radius 2 is 1.65 bits per heavy atom. The van der Waals surface area contributed by atoms with Crippen LogP contribution in [0.4, 0.5) is 17.3 Å². The fraction of sp³-hybridized carbons (Fsp3) is 0.297. The van der Waals surface area contributed by atoms with Crippen molar-refractivity contribution in [2.24, 2.45) is 0 Å². The van der Waals surface area contributed by atoms with Gasteiger partial charge in [-0.25, -0.2) is 18.4 Å². The van der Waals surface area contributed by atoms with Gasteiger partial charge in [-0.2, -0.15) is 0 Å². The molecule has 9 heteroatoms. The van der Waals surface area contributed by atoms with E-state index in [-0.39, 0.29) is 10.8 Å². The first kappa shape index (κ1) is 30.2. The Kier molecular flexibility index (Phi) is 8.36. The number of anilines is 3. The number of likely N-dealkylation sites (tertiary alicyclic amines) is 1. The second kappa shape index (κ2) is 12.7. The molecule has 1 aliphatic heterocycles. The fourth-order valence-electron chi connectivity index (χ4n) is 6.91. The third kappa shape index (κ3) is 6.04. The van der Waals surface area contributed by atoms with Gasteiger partial charge in [0.15, 0.2) is 0 Å². The summed E-state index contributed by atoms with van der Waals surface area (Å²) in [6.07, 6.45) is 6.44. The quantitative estimate of drug-likeness (QED) is 0.165. The maximum atomic E-state index is 13.6. The van der Waals surface area contributed by atoms with Crippen LogP contribution >= 0.6 is 0 Å². The molecular formula is C37H40N6O2S. The summed E-state index contributed by atoms with van der Waals surface area (Å²) in [5.74, 6) is 0.786. The van der Waals surface area contributed by atoms with Gasteiger partial charge in [0.1, 0.15) is 0 Å². The Balaban J connectivity index is 1.09. The minimum Gasteiger partial charge on any atom is -0.377 e. The second-order valence-electron chi connectivity index (χ2n) is 12.5. The Bertz CT molecular complexity index is 1970. The van der Waals surface area contributed by atoms with Crippen molar-refractivity contribution in [3.05, 3.63) is 108 Å². The first-order chi connectivity index (χ1) is 22.4. The average molecular weight is 633 g/mol. The third-order valence-electron chi connectivity index (χ3n) is 9.21. The summed E-state index contributed by atoms with van der Waals surface area (Å²) in [5.41, 5.74) is 7.05. The predicted octanol–water partition coefficient (Wildman–Crippen LogP) is 6.75. The number of nitrogens with zero attached hydrogens (tertiary/aromatic N) is 4. The number of hydrogen-bond donors (Lipinski definition) is 2. The molecule has 5 aromatic rings. The molecule has 1 unspecified atom stereocenters. The number of rotatable bonds is 10. The summed E-state index contributed by atoms with van der Waals surface area (Å²) >= 11 is 0. The molecule has 2 N–H and O–H groups in total. The van der Waals surface area contributed by atoms with E-state index in [0.29, 0.717) is 17.0 Å². The maximum absolute atomic E-state index is 13.6. The highest BCUT2D eigenvalue weighted by molar-refractivity contribution is 7.93. The molecule has 4 aromatic carbocycles. The standard InChI is InChI=1S/C37H40N6O2S/c1-42(2)34-14-7-13-31-30(34)12-8-15-35(31)46(44,45)41-28-18-16-26(17-19-28)33-24-27-25-39-37(38-20-9-23-43-21-5-6-22-43)40-36(27)32-11-4-3-10-29(32)33/h3-4,7-8,10-19,25,33,41H,5-6,9,20-24H2,1-2H3,(H,38,39,40). The lowest BCUT2D eigenvalue weighted by Gasteiger charge is -2.27. The molecule has 2 heterocycles. The van der Waals surface area contributed by atoms with Crippen LogP contribution < -0.4 is 14.9 Å². The first-order valence-electron chi connectivity index (χ1n) is 16.1. The lowest BCUT2D eigenvalue weighted by atomic mass is 9.78. The Labute approximate surface area is 271 Å². The Morgan fingerprint density at radius 3 is 2.46 bits per heavy atom. The van der Waals surface area contributed by atoms with Crippen molar-refractivity contribution in [2.45, 2.75) is 36.5 Å². The van der Waals surface area contributed by atoms with Crippen molar-refractivity contribution in [1.82, 2.24) is 14.9 Å². The molecule has 8 nitrogen and oxygen atoms in total. The molecular weight excluding hydrogens is 593 g/mol. The highest BCUT2D eigenvalue weighted by Gasteiger charge is 2.28. The van der Waals surface area contributed by atoms with E-state index in [9.17, 15) is 8.42 Å². The molecule has 0 saturated carbocycles. The molecule has 1 atom stereocenters. The summed E-state index contributed by atoms with van der Waals surface area (Å²) in [7, 11) is 0.0945. The third-order valence-corrected chi connectivity index (χ3v) is 10.6. The van der Waals surface area contributed by atoms with Gasteiger partial charge in [0.2, 0.25) is 5.95 Å². The monoisotopic (exact) mass is 632 g/mol. The zero-order valence-corrected chi connectivity index (χ0v) is 27.2. The smallest absolute Gasteiger partial charge is 0.262 e. The molecule has 0 amide bonds. The summed E-state index contributed by atoms with van der Waals surface area (Å²) in [5, 5.41) is 5.03. The number of fused-ring (bicyclic) bond motifs is 4. The van der Waals surface area contributed by atoms with E-state index in [1.807, 2.05) is 73.7 Å².